The average Bonchev–Trinajstić information content (AvgIpc) is 2.77. The Morgan fingerprint density at radius 1 is 1.48 bits per heavy atom. The van der Waals surface area contributed by atoms with E-state index in [0.29, 0.717) is 23.7 Å². The summed E-state index contributed by atoms with van der Waals surface area (Å²) in [5.74, 6) is -0.316. The highest BCUT2D eigenvalue weighted by Crippen LogP contribution is 2.22. The van der Waals surface area contributed by atoms with Crippen molar-refractivity contribution in [3.05, 3.63) is 34.9 Å². The summed E-state index contributed by atoms with van der Waals surface area (Å²) in [7, 11) is 3.10. The Bertz CT molecular complexity index is 581. The van der Waals surface area contributed by atoms with Crippen molar-refractivity contribution in [1.82, 2.24) is 10.2 Å². The van der Waals surface area contributed by atoms with Crippen LogP contribution in [0.3, 0.4) is 0 Å². The van der Waals surface area contributed by atoms with Crippen LogP contribution in [0, 0.1) is 0 Å². The van der Waals surface area contributed by atoms with Crippen molar-refractivity contribution < 1.29 is 19.1 Å². The van der Waals surface area contributed by atoms with E-state index >= 15 is 0 Å². The van der Waals surface area contributed by atoms with E-state index in [2.05, 4.69) is 5.32 Å². The Hall–Kier alpha value is -1.63. The number of benzene rings is 1. The van der Waals surface area contributed by atoms with Gasteiger partial charge in [0.25, 0.3) is 5.91 Å². The fourth-order valence-corrected chi connectivity index (χ4v) is 2.76. The molecule has 0 spiro atoms. The number of hydrogen-bond acceptors (Lipinski definition) is 4. The summed E-state index contributed by atoms with van der Waals surface area (Å²) in [6.07, 6.45) is 0.124. The summed E-state index contributed by atoms with van der Waals surface area (Å²) in [6.45, 7) is 1.37. The minimum Gasteiger partial charge on any atom is -0.377 e. The molecule has 7 heteroatoms. The molecule has 0 unspecified atom stereocenters. The van der Waals surface area contributed by atoms with Crippen molar-refractivity contribution in [3.8, 4) is 0 Å². The molecule has 6 nitrogen and oxygen atoms in total. The van der Waals surface area contributed by atoms with Gasteiger partial charge in [0.1, 0.15) is 5.60 Å². The molecule has 1 aliphatic heterocycles. The molecule has 0 saturated carbocycles. The molecule has 1 fully saturated rings. The van der Waals surface area contributed by atoms with E-state index in [1.807, 2.05) is 0 Å². The third-order valence-corrected chi connectivity index (χ3v) is 4.14. The van der Waals surface area contributed by atoms with Gasteiger partial charge in [-0.2, -0.15) is 0 Å². The van der Waals surface area contributed by atoms with Gasteiger partial charge in [0.15, 0.2) is 0 Å². The zero-order valence-electron chi connectivity index (χ0n) is 13.3. The molecule has 0 radical (unpaired) electrons. The monoisotopic (exact) mass is 340 g/mol. The summed E-state index contributed by atoms with van der Waals surface area (Å²) < 4.78 is 11.1. The number of rotatable bonds is 4. The number of amides is 2. The van der Waals surface area contributed by atoms with Gasteiger partial charge < -0.3 is 19.7 Å². The molecule has 0 aromatic heterocycles. The van der Waals surface area contributed by atoms with Gasteiger partial charge in [-0.3, -0.25) is 9.59 Å². The van der Waals surface area contributed by atoms with Crippen LogP contribution in [0.4, 0.5) is 0 Å². The molecule has 126 valence electrons. The molecule has 1 aromatic carbocycles. The molecule has 0 aliphatic carbocycles. The van der Waals surface area contributed by atoms with E-state index in [1.54, 1.807) is 36.2 Å². The largest absolute Gasteiger partial charge is 0.377 e. The highest BCUT2D eigenvalue weighted by molar-refractivity contribution is 6.30. The molecule has 1 heterocycles. The zero-order valence-corrected chi connectivity index (χ0v) is 14.1. The van der Waals surface area contributed by atoms with Gasteiger partial charge in [-0.15, -0.1) is 0 Å². The molecule has 2 amide bonds. The quantitative estimate of drug-likeness (QED) is 0.898. The predicted octanol–water partition coefficient (Wildman–Crippen LogP) is 1.33. The van der Waals surface area contributed by atoms with E-state index in [4.69, 9.17) is 21.1 Å². The van der Waals surface area contributed by atoms with Crippen LogP contribution in [0.5, 0.6) is 0 Å². The van der Waals surface area contributed by atoms with Gasteiger partial charge in [-0.25, -0.2) is 0 Å². The van der Waals surface area contributed by atoms with Crippen molar-refractivity contribution in [1.29, 1.82) is 0 Å². The maximum Gasteiger partial charge on any atom is 0.254 e. The van der Waals surface area contributed by atoms with E-state index in [0.717, 1.165) is 0 Å². The standard InChI is InChI=1S/C16H21ClN2O4/c1-18-14(20)9-16(22-2)10-19(6-7-23-11-16)15(21)12-4-3-5-13(17)8-12/h3-5,8H,6-7,9-11H2,1-2H3,(H,18,20)/t16-/m1/s1. The smallest absolute Gasteiger partial charge is 0.254 e. The molecule has 1 atom stereocenters. The molecule has 2 rings (SSSR count). The molecule has 1 aliphatic rings. The SMILES string of the molecule is CNC(=O)C[C@]1(OC)COCCN(C(=O)c2cccc(Cl)c2)C1. The van der Waals surface area contributed by atoms with Gasteiger partial charge in [0.05, 0.1) is 26.2 Å². The first kappa shape index (κ1) is 17.7. The first-order chi connectivity index (χ1) is 11.0. The van der Waals surface area contributed by atoms with Gasteiger partial charge >= 0.3 is 0 Å². The van der Waals surface area contributed by atoms with Crippen LogP contribution >= 0.6 is 11.6 Å². The van der Waals surface area contributed by atoms with E-state index in [-0.39, 0.29) is 31.4 Å². The Morgan fingerprint density at radius 3 is 2.91 bits per heavy atom. The van der Waals surface area contributed by atoms with Crippen molar-refractivity contribution in [2.75, 3.05) is 40.5 Å². The number of carbonyl (C=O) groups is 2. The molecule has 23 heavy (non-hydrogen) atoms. The van der Waals surface area contributed by atoms with Crippen LogP contribution in [0.1, 0.15) is 16.8 Å². The molecule has 0 bridgehead atoms. The molecule has 1 aromatic rings. The van der Waals surface area contributed by atoms with Crippen LogP contribution in [-0.4, -0.2) is 62.8 Å². The van der Waals surface area contributed by atoms with Gasteiger partial charge in [-0.1, -0.05) is 17.7 Å². The van der Waals surface area contributed by atoms with Crippen LogP contribution in [-0.2, 0) is 14.3 Å². The van der Waals surface area contributed by atoms with Crippen LogP contribution < -0.4 is 5.32 Å². The van der Waals surface area contributed by atoms with Gasteiger partial charge in [-0.05, 0) is 18.2 Å². The third kappa shape index (κ3) is 4.43. The summed E-state index contributed by atoms with van der Waals surface area (Å²) in [4.78, 5) is 26.1. The van der Waals surface area contributed by atoms with E-state index < -0.39 is 5.60 Å². The number of nitrogens with zero attached hydrogens (tertiary/aromatic N) is 1. The lowest BCUT2D eigenvalue weighted by Crippen LogP contribution is -2.50. The lowest BCUT2D eigenvalue weighted by molar-refractivity contribution is -0.131. The first-order valence-electron chi connectivity index (χ1n) is 7.38. The third-order valence-electron chi connectivity index (χ3n) is 3.90. The lowest BCUT2D eigenvalue weighted by Gasteiger charge is -2.33. The highest BCUT2D eigenvalue weighted by Gasteiger charge is 2.38. The summed E-state index contributed by atoms with van der Waals surface area (Å²) in [5, 5.41) is 3.08. The summed E-state index contributed by atoms with van der Waals surface area (Å²) in [5.41, 5.74) is -0.352. The van der Waals surface area contributed by atoms with E-state index in [9.17, 15) is 9.59 Å². The number of halogens is 1. The second-order valence-electron chi connectivity index (χ2n) is 5.53. The lowest BCUT2D eigenvalue weighted by atomic mass is 9.98. The fourth-order valence-electron chi connectivity index (χ4n) is 2.57. The molecular weight excluding hydrogens is 320 g/mol. The topological polar surface area (TPSA) is 67.9 Å². The Balaban J connectivity index is 2.21. The van der Waals surface area contributed by atoms with Crippen LogP contribution in [0.2, 0.25) is 5.02 Å². The number of nitrogens with one attached hydrogen (secondary N) is 1. The summed E-state index contributed by atoms with van der Waals surface area (Å²) in [6, 6.07) is 6.79. The summed E-state index contributed by atoms with van der Waals surface area (Å²) >= 11 is 5.96. The zero-order chi connectivity index (χ0) is 16.9. The molecule has 1 N–H and O–H groups in total. The molecular formula is C16H21ClN2O4. The maximum absolute atomic E-state index is 12.7. The number of carbonyl (C=O) groups excluding carboxylic acids is 2. The van der Waals surface area contributed by atoms with Crippen LogP contribution in [0.15, 0.2) is 24.3 Å². The van der Waals surface area contributed by atoms with Crippen molar-refractivity contribution >= 4 is 23.4 Å². The first-order valence-corrected chi connectivity index (χ1v) is 7.76. The fraction of sp³-hybridized carbons (Fsp3) is 0.500. The minimum atomic E-state index is -0.856. The number of hydrogen-bond donors (Lipinski definition) is 1. The second-order valence-corrected chi connectivity index (χ2v) is 5.96. The second kappa shape index (κ2) is 7.77. The van der Waals surface area contributed by atoms with Crippen LogP contribution in [0.25, 0.3) is 0 Å². The van der Waals surface area contributed by atoms with Crippen molar-refractivity contribution in [2.24, 2.45) is 0 Å². The average molecular weight is 341 g/mol. The van der Waals surface area contributed by atoms with Gasteiger partial charge in [0.2, 0.25) is 5.91 Å². The number of ether oxygens (including phenoxy) is 2. The van der Waals surface area contributed by atoms with Gasteiger partial charge in [0, 0.05) is 31.3 Å². The minimum absolute atomic E-state index is 0.124. The van der Waals surface area contributed by atoms with Crippen molar-refractivity contribution in [3.63, 3.8) is 0 Å². The normalized spacial score (nSPS) is 21.6. The predicted molar refractivity (Wildman–Crippen MR) is 86.6 cm³/mol. The molecule has 1 saturated heterocycles. The number of methoxy groups -OCH3 is 1. The highest BCUT2D eigenvalue weighted by atomic mass is 35.5. The Labute approximate surface area is 140 Å². The maximum atomic E-state index is 12.7. The van der Waals surface area contributed by atoms with E-state index in [1.165, 1.54) is 7.11 Å². The Kier molecular flexibility index (Phi) is 5.98. The Morgan fingerprint density at radius 2 is 2.26 bits per heavy atom. The van der Waals surface area contributed by atoms with Crippen molar-refractivity contribution in [2.45, 2.75) is 12.0 Å².